The van der Waals surface area contributed by atoms with Crippen LogP contribution in [0.5, 0.6) is 0 Å². The summed E-state index contributed by atoms with van der Waals surface area (Å²) in [6, 6.07) is 13.5. The first-order valence-corrected chi connectivity index (χ1v) is 11.7. The number of fused-ring (bicyclic) bond motifs is 1. The van der Waals surface area contributed by atoms with Crippen molar-refractivity contribution in [3.05, 3.63) is 99.4 Å². The third kappa shape index (κ3) is 4.14. The minimum atomic E-state index is -0.532. The molecule has 2 aromatic carbocycles. The molecule has 0 atom stereocenters. The normalized spacial score (nSPS) is 14.3. The van der Waals surface area contributed by atoms with Crippen LogP contribution in [0.1, 0.15) is 28.9 Å². The van der Waals surface area contributed by atoms with Gasteiger partial charge in [0.2, 0.25) is 5.91 Å². The van der Waals surface area contributed by atoms with Crippen LogP contribution in [-0.4, -0.2) is 33.5 Å². The third-order valence-corrected chi connectivity index (χ3v) is 6.44. The molecule has 2 aromatic heterocycles. The van der Waals surface area contributed by atoms with Gasteiger partial charge in [-0.1, -0.05) is 36.9 Å². The number of carbonyl (C=O) groups is 1. The van der Waals surface area contributed by atoms with E-state index >= 15 is 0 Å². The number of aryl methyl sites for hydroxylation is 1. The SMILES string of the molecule is C=Nc1c(C(=C)N)c(/C=C2/CCNC2=O)nn1Cc1cc2cccc(C)c2c(=O)n1-c1ccccc1F. The van der Waals surface area contributed by atoms with E-state index in [1.807, 2.05) is 31.2 Å². The van der Waals surface area contributed by atoms with Gasteiger partial charge in [-0.15, -0.1) is 0 Å². The van der Waals surface area contributed by atoms with Crippen molar-refractivity contribution in [1.82, 2.24) is 19.7 Å². The smallest absolute Gasteiger partial charge is 0.263 e. The molecule has 4 aromatic rings. The summed E-state index contributed by atoms with van der Waals surface area (Å²) in [5, 5.41) is 8.65. The molecule has 37 heavy (non-hydrogen) atoms. The Bertz CT molecular complexity index is 1700. The molecule has 0 unspecified atom stereocenters. The van der Waals surface area contributed by atoms with Crippen molar-refractivity contribution in [2.75, 3.05) is 6.54 Å². The number of aliphatic imine (C=N–C) groups is 1. The van der Waals surface area contributed by atoms with Gasteiger partial charge in [0, 0.05) is 23.5 Å². The van der Waals surface area contributed by atoms with Crippen LogP contribution >= 0.6 is 0 Å². The Morgan fingerprint density at radius 3 is 2.70 bits per heavy atom. The van der Waals surface area contributed by atoms with Crippen molar-refractivity contribution in [3.8, 4) is 5.69 Å². The zero-order valence-corrected chi connectivity index (χ0v) is 20.3. The highest BCUT2D eigenvalue weighted by atomic mass is 19.1. The first-order valence-electron chi connectivity index (χ1n) is 11.7. The van der Waals surface area contributed by atoms with Gasteiger partial charge in [0.1, 0.15) is 5.82 Å². The summed E-state index contributed by atoms with van der Waals surface area (Å²) in [7, 11) is 0. The monoisotopic (exact) mass is 496 g/mol. The molecule has 0 aliphatic carbocycles. The second-order valence-corrected chi connectivity index (χ2v) is 8.87. The van der Waals surface area contributed by atoms with Crippen molar-refractivity contribution in [2.45, 2.75) is 19.9 Å². The van der Waals surface area contributed by atoms with Gasteiger partial charge in [-0.05, 0) is 55.3 Å². The second kappa shape index (κ2) is 9.34. The van der Waals surface area contributed by atoms with Gasteiger partial charge in [-0.2, -0.15) is 5.10 Å². The number of nitrogens with one attached hydrogen (secondary N) is 1. The molecule has 1 aliphatic heterocycles. The number of rotatable bonds is 6. The highest BCUT2D eigenvalue weighted by Gasteiger charge is 2.23. The van der Waals surface area contributed by atoms with Crippen LogP contribution in [0.15, 0.2) is 70.5 Å². The van der Waals surface area contributed by atoms with Crippen LogP contribution < -0.4 is 16.6 Å². The third-order valence-electron chi connectivity index (χ3n) is 6.44. The summed E-state index contributed by atoms with van der Waals surface area (Å²) < 4.78 is 17.9. The first kappa shape index (κ1) is 23.9. The number of aromatic nitrogens is 3. The largest absolute Gasteiger partial charge is 0.399 e. The van der Waals surface area contributed by atoms with Gasteiger partial charge in [0.05, 0.1) is 28.9 Å². The van der Waals surface area contributed by atoms with Crippen LogP contribution in [0.25, 0.3) is 28.2 Å². The number of benzene rings is 2. The molecular weight excluding hydrogens is 471 g/mol. The molecular formula is C28H25FN6O2. The maximum Gasteiger partial charge on any atom is 0.263 e. The predicted molar refractivity (Wildman–Crippen MR) is 144 cm³/mol. The molecule has 0 bridgehead atoms. The molecule has 3 heterocycles. The molecule has 0 spiro atoms. The minimum absolute atomic E-state index is 0.0530. The quantitative estimate of drug-likeness (QED) is 0.312. The second-order valence-electron chi connectivity index (χ2n) is 8.87. The van der Waals surface area contributed by atoms with Crippen molar-refractivity contribution in [1.29, 1.82) is 0 Å². The minimum Gasteiger partial charge on any atom is -0.399 e. The number of hydrogen-bond acceptors (Lipinski definition) is 5. The number of nitrogens with two attached hydrogens (primary N) is 1. The summed E-state index contributed by atoms with van der Waals surface area (Å²) >= 11 is 0. The molecule has 1 fully saturated rings. The number of halogens is 1. The van der Waals surface area contributed by atoms with E-state index in [-0.39, 0.29) is 29.4 Å². The molecule has 9 heteroatoms. The fourth-order valence-electron chi connectivity index (χ4n) is 4.75. The van der Waals surface area contributed by atoms with Gasteiger partial charge in [-0.25, -0.2) is 14.1 Å². The summed E-state index contributed by atoms with van der Waals surface area (Å²) in [5.74, 6) is -0.376. The highest BCUT2D eigenvalue weighted by molar-refractivity contribution is 6.00. The molecule has 1 amide bonds. The molecule has 3 N–H and O–H groups in total. The van der Waals surface area contributed by atoms with Crippen molar-refractivity contribution in [2.24, 2.45) is 10.7 Å². The highest BCUT2D eigenvalue weighted by Crippen LogP contribution is 2.31. The molecule has 1 aliphatic rings. The van der Waals surface area contributed by atoms with Crippen LogP contribution in [-0.2, 0) is 11.3 Å². The fraction of sp³-hybridized carbons (Fsp3) is 0.143. The lowest BCUT2D eigenvalue weighted by molar-refractivity contribution is -0.116. The Morgan fingerprint density at radius 2 is 2.03 bits per heavy atom. The number of hydrogen-bond donors (Lipinski definition) is 2. The van der Waals surface area contributed by atoms with Gasteiger partial charge >= 0.3 is 0 Å². The average Bonchev–Trinajstić information content (AvgIpc) is 3.42. The molecule has 5 rings (SSSR count). The van der Waals surface area contributed by atoms with Crippen molar-refractivity contribution >= 4 is 41.0 Å². The lowest BCUT2D eigenvalue weighted by atomic mass is 10.1. The first-order chi connectivity index (χ1) is 17.8. The molecule has 8 nitrogen and oxygen atoms in total. The summed E-state index contributed by atoms with van der Waals surface area (Å²) in [6.07, 6.45) is 2.21. The summed E-state index contributed by atoms with van der Waals surface area (Å²) in [5.41, 5.74) is 8.77. The number of pyridine rings is 1. The van der Waals surface area contributed by atoms with E-state index in [1.165, 1.54) is 15.3 Å². The molecule has 1 saturated heterocycles. The lowest BCUT2D eigenvalue weighted by Crippen LogP contribution is -2.25. The van der Waals surface area contributed by atoms with Gasteiger partial charge in [0.15, 0.2) is 5.82 Å². The Labute approximate surface area is 212 Å². The summed E-state index contributed by atoms with van der Waals surface area (Å²) in [4.78, 5) is 30.1. The lowest BCUT2D eigenvalue weighted by Gasteiger charge is -2.17. The summed E-state index contributed by atoms with van der Waals surface area (Å²) in [6.45, 7) is 9.97. The Kier molecular flexibility index (Phi) is 6.04. The van der Waals surface area contributed by atoms with E-state index in [2.05, 4.69) is 28.7 Å². The molecule has 186 valence electrons. The number of carbonyl (C=O) groups excluding carboxylic acids is 1. The maximum atomic E-state index is 15.0. The van der Waals surface area contributed by atoms with E-state index in [4.69, 9.17) is 5.73 Å². The predicted octanol–water partition coefficient (Wildman–Crippen LogP) is 3.85. The van der Waals surface area contributed by atoms with Crippen molar-refractivity contribution in [3.63, 3.8) is 0 Å². The van der Waals surface area contributed by atoms with Gasteiger partial charge < -0.3 is 11.1 Å². The number of amides is 1. The molecule has 0 radical (unpaired) electrons. The zero-order chi connectivity index (χ0) is 26.3. The maximum absolute atomic E-state index is 15.0. The Balaban J connectivity index is 1.75. The van der Waals surface area contributed by atoms with Crippen molar-refractivity contribution < 1.29 is 9.18 Å². The van der Waals surface area contributed by atoms with E-state index in [0.29, 0.717) is 46.7 Å². The van der Waals surface area contributed by atoms with Crippen LogP contribution in [0.2, 0.25) is 0 Å². The molecule has 0 saturated carbocycles. The number of para-hydroxylation sites is 1. The van der Waals surface area contributed by atoms with Crippen LogP contribution in [0, 0.1) is 12.7 Å². The van der Waals surface area contributed by atoms with Crippen LogP contribution in [0.4, 0.5) is 10.2 Å². The van der Waals surface area contributed by atoms with Gasteiger partial charge in [-0.3, -0.25) is 14.2 Å². The topological polar surface area (TPSA) is 107 Å². The Hall–Kier alpha value is -4.79. The van der Waals surface area contributed by atoms with Gasteiger partial charge in [0.25, 0.3) is 5.56 Å². The zero-order valence-electron chi connectivity index (χ0n) is 20.3. The Morgan fingerprint density at radius 1 is 1.24 bits per heavy atom. The van der Waals surface area contributed by atoms with E-state index in [1.54, 1.807) is 24.3 Å². The fourth-order valence-corrected chi connectivity index (χ4v) is 4.75. The van der Waals surface area contributed by atoms with E-state index < -0.39 is 5.82 Å². The number of nitrogens with zero attached hydrogens (tertiary/aromatic N) is 4. The van der Waals surface area contributed by atoms with E-state index in [9.17, 15) is 14.0 Å². The van der Waals surface area contributed by atoms with Crippen LogP contribution in [0.3, 0.4) is 0 Å². The van der Waals surface area contributed by atoms with E-state index in [0.717, 1.165) is 10.9 Å². The average molecular weight is 497 g/mol. The standard InChI is InChI=1S/C28H25FN6O2/c1-16-7-6-8-18-13-20(35(28(37)24(16)18)23-10-5-4-9-21(23)29)15-34-26(31-3)25(17(2)30)22(33-34)14-19-11-12-32-27(19)36/h4-10,13-14H,2-3,11-12,15,30H2,1H3,(H,32,36)/b19-14-.